The number of benzene rings is 2. The monoisotopic (exact) mass is 353 g/mol. The molecule has 0 aliphatic rings. The summed E-state index contributed by atoms with van der Waals surface area (Å²) in [5.74, 6) is 1.44. The summed E-state index contributed by atoms with van der Waals surface area (Å²) < 4.78 is 12.3. The molecule has 1 aromatic heterocycles. The second-order valence-electron chi connectivity index (χ2n) is 6.04. The van der Waals surface area contributed by atoms with Gasteiger partial charge in [-0.15, -0.1) is 0 Å². The summed E-state index contributed by atoms with van der Waals surface area (Å²) in [6.07, 6.45) is 2.45. The van der Waals surface area contributed by atoms with Crippen LogP contribution in [0.3, 0.4) is 0 Å². The highest BCUT2D eigenvalue weighted by molar-refractivity contribution is 5.84. The number of hydrogen-bond donors (Lipinski definition) is 1. The zero-order valence-corrected chi connectivity index (χ0v) is 15.2. The summed E-state index contributed by atoms with van der Waals surface area (Å²) in [5, 5.41) is 8.35. The molecule has 0 saturated heterocycles. The molecule has 0 aliphatic carbocycles. The molecule has 2 aromatic carbocycles. The highest BCUT2D eigenvalue weighted by Crippen LogP contribution is 2.24. The Morgan fingerprint density at radius 3 is 2.77 bits per heavy atom. The van der Waals surface area contributed by atoms with Gasteiger partial charge in [-0.3, -0.25) is 9.48 Å². The molecule has 1 heterocycles. The molecule has 0 bridgehead atoms. The molecule has 1 N–H and O–H groups in total. The van der Waals surface area contributed by atoms with Gasteiger partial charge in [0.05, 0.1) is 25.9 Å². The number of rotatable bonds is 7. The van der Waals surface area contributed by atoms with Crippen LogP contribution < -0.4 is 14.8 Å². The third-order valence-corrected chi connectivity index (χ3v) is 4.44. The van der Waals surface area contributed by atoms with Crippen LogP contribution in [-0.2, 0) is 11.2 Å². The Morgan fingerprint density at radius 2 is 2.00 bits per heavy atom. The Morgan fingerprint density at radius 1 is 1.19 bits per heavy atom. The molecule has 1 atom stereocenters. The molecule has 0 aliphatic heterocycles. The lowest BCUT2D eigenvalue weighted by Gasteiger charge is -2.15. The Hall–Kier alpha value is -3.02. The molecule has 1 unspecified atom stereocenters. The molecule has 6 nitrogen and oxygen atoms in total. The van der Waals surface area contributed by atoms with Crippen molar-refractivity contribution in [2.24, 2.45) is 0 Å². The predicted molar refractivity (Wildman–Crippen MR) is 101 cm³/mol. The van der Waals surface area contributed by atoms with E-state index in [4.69, 9.17) is 9.47 Å². The van der Waals surface area contributed by atoms with Gasteiger partial charge in [-0.25, -0.2) is 0 Å². The fourth-order valence-electron chi connectivity index (χ4n) is 2.94. The lowest BCUT2D eigenvalue weighted by Crippen LogP contribution is -2.32. The van der Waals surface area contributed by atoms with Gasteiger partial charge >= 0.3 is 0 Å². The number of hydrogen-bond acceptors (Lipinski definition) is 4. The first-order chi connectivity index (χ1) is 12.6. The molecule has 136 valence electrons. The van der Waals surface area contributed by atoms with E-state index in [9.17, 15) is 4.79 Å². The third kappa shape index (κ3) is 3.64. The van der Waals surface area contributed by atoms with Crippen LogP contribution in [0.25, 0.3) is 10.9 Å². The number of ether oxygens (including phenoxy) is 2. The molecule has 3 aromatic rings. The first kappa shape index (κ1) is 17.8. The van der Waals surface area contributed by atoms with Crippen LogP contribution in [0, 0.1) is 0 Å². The number of fused-ring (bicyclic) bond motifs is 1. The summed E-state index contributed by atoms with van der Waals surface area (Å²) in [5.41, 5.74) is 1.97. The van der Waals surface area contributed by atoms with Crippen LogP contribution in [0.2, 0.25) is 0 Å². The summed E-state index contributed by atoms with van der Waals surface area (Å²) >= 11 is 0. The molecular weight excluding hydrogens is 330 g/mol. The van der Waals surface area contributed by atoms with Crippen molar-refractivity contribution >= 4 is 16.8 Å². The molecule has 26 heavy (non-hydrogen) atoms. The summed E-state index contributed by atoms with van der Waals surface area (Å²) in [6.45, 7) is 2.37. The lowest BCUT2D eigenvalue weighted by molar-refractivity contribution is -0.124. The zero-order chi connectivity index (χ0) is 18.5. The topological polar surface area (TPSA) is 65.4 Å². The summed E-state index contributed by atoms with van der Waals surface area (Å²) in [4.78, 5) is 12.5. The first-order valence-corrected chi connectivity index (χ1v) is 8.55. The molecule has 3 rings (SSSR count). The second kappa shape index (κ2) is 7.91. The van der Waals surface area contributed by atoms with E-state index >= 15 is 0 Å². The largest absolute Gasteiger partial charge is 0.497 e. The maximum atomic E-state index is 12.5. The average Bonchev–Trinajstić information content (AvgIpc) is 3.11. The van der Waals surface area contributed by atoms with E-state index < -0.39 is 0 Å². The van der Waals surface area contributed by atoms with Crippen molar-refractivity contribution in [1.82, 2.24) is 15.1 Å². The minimum absolute atomic E-state index is 0.0636. The van der Waals surface area contributed by atoms with Crippen LogP contribution in [0.4, 0.5) is 0 Å². The predicted octanol–water partition coefficient (Wildman–Crippen LogP) is 2.97. The number of nitrogens with one attached hydrogen (secondary N) is 1. The highest BCUT2D eigenvalue weighted by Gasteiger charge is 2.17. The van der Waals surface area contributed by atoms with Crippen molar-refractivity contribution in [3.63, 3.8) is 0 Å². The van der Waals surface area contributed by atoms with E-state index in [0.29, 0.717) is 13.0 Å². The lowest BCUT2D eigenvalue weighted by atomic mass is 10.1. The maximum absolute atomic E-state index is 12.5. The van der Waals surface area contributed by atoms with E-state index in [1.54, 1.807) is 25.1 Å². The number of carbonyl (C=O) groups is 1. The fourth-order valence-corrected chi connectivity index (χ4v) is 2.94. The molecule has 6 heteroatoms. The molecule has 0 radical (unpaired) electrons. The number of amides is 1. The number of para-hydroxylation sites is 1. The molecule has 0 saturated carbocycles. The van der Waals surface area contributed by atoms with Crippen LogP contribution in [0.1, 0.15) is 18.5 Å². The van der Waals surface area contributed by atoms with E-state index in [-0.39, 0.29) is 11.9 Å². The van der Waals surface area contributed by atoms with Gasteiger partial charge in [-0.05, 0) is 31.0 Å². The zero-order valence-electron chi connectivity index (χ0n) is 15.2. The van der Waals surface area contributed by atoms with Gasteiger partial charge in [0, 0.05) is 18.0 Å². The van der Waals surface area contributed by atoms with Crippen molar-refractivity contribution < 1.29 is 14.3 Å². The van der Waals surface area contributed by atoms with Crippen LogP contribution in [0.5, 0.6) is 11.5 Å². The van der Waals surface area contributed by atoms with Crippen LogP contribution in [0.15, 0.2) is 48.7 Å². The standard InChI is InChI=1S/C20H23N3O3/c1-14(23-18-7-5-4-6-16(18)13-22-23)20(24)21-11-10-15-8-9-17(25-2)12-19(15)26-3/h4-9,12-14H,10-11H2,1-3H3,(H,21,24). The Bertz CT molecular complexity index is 904. The SMILES string of the molecule is COc1ccc(CCNC(=O)C(C)n2ncc3ccccc32)c(OC)c1. The molecular formula is C20H23N3O3. The summed E-state index contributed by atoms with van der Waals surface area (Å²) in [6, 6.07) is 13.2. The summed E-state index contributed by atoms with van der Waals surface area (Å²) in [7, 11) is 3.25. The average molecular weight is 353 g/mol. The third-order valence-electron chi connectivity index (χ3n) is 4.44. The maximum Gasteiger partial charge on any atom is 0.244 e. The van der Waals surface area contributed by atoms with E-state index in [1.807, 2.05) is 49.4 Å². The van der Waals surface area contributed by atoms with Crippen LogP contribution >= 0.6 is 0 Å². The Balaban J connectivity index is 1.62. The van der Waals surface area contributed by atoms with E-state index in [0.717, 1.165) is 28.0 Å². The van der Waals surface area contributed by atoms with Crippen molar-refractivity contribution in [3.05, 3.63) is 54.2 Å². The number of carbonyl (C=O) groups excluding carboxylic acids is 1. The van der Waals surface area contributed by atoms with Gasteiger partial charge in [0.2, 0.25) is 5.91 Å². The normalized spacial score (nSPS) is 12.0. The number of methoxy groups -OCH3 is 2. The Labute approximate surface area is 152 Å². The van der Waals surface area contributed by atoms with Gasteiger partial charge in [0.25, 0.3) is 0 Å². The highest BCUT2D eigenvalue weighted by atomic mass is 16.5. The van der Waals surface area contributed by atoms with Gasteiger partial charge < -0.3 is 14.8 Å². The minimum Gasteiger partial charge on any atom is -0.497 e. The molecule has 0 spiro atoms. The smallest absolute Gasteiger partial charge is 0.244 e. The van der Waals surface area contributed by atoms with Crippen molar-refractivity contribution in [3.8, 4) is 11.5 Å². The second-order valence-corrected chi connectivity index (χ2v) is 6.04. The first-order valence-electron chi connectivity index (χ1n) is 8.55. The molecule has 1 amide bonds. The van der Waals surface area contributed by atoms with Gasteiger partial charge in [0.1, 0.15) is 17.5 Å². The van der Waals surface area contributed by atoms with Gasteiger partial charge in [-0.1, -0.05) is 24.3 Å². The van der Waals surface area contributed by atoms with E-state index in [2.05, 4.69) is 10.4 Å². The number of aromatic nitrogens is 2. The van der Waals surface area contributed by atoms with Crippen LogP contribution in [-0.4, -0.2) is 36.5 Å². The van der Waals surface area contributed by atoms with Gasteiger partial charge in [0.15, 0.2) is 0 Å². The minimum atomic E-state index is -0.382. The van der Waals surface area contributed by atoms with Crippen molar-refractivity contribution in [2.45, 2.75) is 19.4 Å². The van der Waals surface area contributed by atoms with Crippen molar-refractivity contribution in [1.29, 1.82) is 0 Å². The fraction of sp³-hybridized carbons (Fsp3) is 0.300. The van der Waals surface area contributed by atoms with E-state index in [1.165, 1.54) is 0 Å². The quantitative estimate of drug-likeness (QED) is 0.709. The van der Waals surface area contributed by atoms with Crippen molar-refractivity contribution in [2.75, 3.05) is 20.8 Å². The molecule has 0 fully saturated rings. The number of nitrogens with zero attached hydrogens (tertiary/aromatic N) is 2. The van der Waals surface area contributed by atoms with Gasteiger partial charge in [-0.2, -0.15) is 5.10 Å². The Kier molecular flexibility index (Phi) is 5.41.